The molecule has 4 atom stereocenters. The van der Waals surface area contributed by atoms with Gasteiger partial charge in [0.05, 0.1) is 17.5 Å². The summed E-state index contributed by atoms with van der Waals surface area (Å²) in [5.74, 6) is -3.43. The van der Waals surface area contributed by atoms with E-state index in [0.717, 1.165) is 0 Å². The Morgan fingerprint density at radius 1 is 1.17 bits per heavy atom. The normalized spacial score (nSPS) is 28.1. The molecule has 0 spiro atoms. The number of aliphatic carboxylic acids is 1. The molecule has 0 heterocycles. The van der Waals surface area contributed by atoms with Crippen molar-refractivity contribution in [2.24, 2.45) is 23.7 Å². The highest BCUT2D eigenvalue weighted by Gasteiger charge is 2.51. The van der Waals surface area contributed by atoms with Crippen LogP contribution in [0, 0.1) is 23.7 Å². The fraction of sp³-hybridized carbons (Fsp3) is 0.375. The van der Waals surface area contributed by atoms with Gasteiger partial charge in [-0.3, -0.25) is 9.59 Å². The van der Waals surface area contributed by atoms with Crippen LogP contribution in [0.15, 0.2) is 36.4 Å². The largest absolute Gasteiger partial charge is 0.481 e. The summed E-state index contributed by atoms with van der Waals surface area (Å²) in [5, 5.41) is 11.9. The maximum atomic E-state index is 12.5. The summed E-state index contributed by atoms with van der Waals surface area (Å²) >= 11 is 0. The minimum Gasteiger partial charge on any atom is -0.481 e. The average molecular weight is 323 g/mol. The van der Waals surface area contributed by atoms with E-state index in [-0.39, 0.29) is 23.3 Å². The van der Waals surface area contributed by atoms with Crippen LogP contribution < -0.4 is 10.1 Å². The smallest absolute Gasteiger partial charge is 0.387 e. The Balaban J connectivity index is 1.80. The Hall–Kier alpha value is -2.44. The van der Waals surface area contributed by atoms with Crippen molar-refractivity contribution >= 4 is 17.6 Å². The number of allylic oxidation sites excluding steroid dienone is 2. The Morgan fingerprint density at radius 2 is 1.83 bits per heavy atom. The lowest BCUT2D eigenvalue weighted by molar-refractivity contribution is -0.146. The molecule has 0 aromatic heterocycles. The van der Waals surface area contributed by atoms with E-state index in [1.807, 2.05) is 12.2 Å². The van der Waals surface area contributed by atoms with E-state index in [1.165, 1.54) is 18.2 Å². The highest BCUT2D eigenvalue weighted by Crippen LogP contribution is 2.48. The van der Waals surface area contributed by atoms with Crippen LogP contribution in [-0.4, -0.2) is 23.6 Å². The minimum atomic E-state index is -3.01. The Kier molecular flexibility index (Phi) is 4.02. The third-order valence-corrected chi connectivity index (χ3v) is 4.41. The van der Waals surface area contributed by atoms with Gasteiger partial charge in [-0.25, -0.2) is 0 Å². The quantitative estimate of drug-likeness (QED) is 0.817. The Labute approximate surface area is 130 Å². The number of carboxylic acid groups (broad SMARTS) is 1. The second-order valence-electron chi connectivity index (χ2n) is 5.70. The number of hydrogen-bond donors (Lipinski definition) is 2. The van der Waals surface area contributed by atoms with Crippen LogP contribution >= 0.6 is 0 Å². The van der Waals surface area contributed by atoms with E-state index in [0.29, 0.717) is 6.42 Å². The summed E-state index contributed by atoms with van der Waals surface area (Å²) in [7, 11) is 0. The second-order valence-corrected chi connectivity index (χ2v) is 5.70. The molecule has 4 unspecified atom stereocenters. The average Bonchev–Trinajstić information content (AvgIpc) is 3.09. The molecule has 7 heteroatoms. The molecule has 1 amide bonds. The van der Waals surface area contributed by atoms with Gasteiger partial charge in [0.25, 0.3) is 0 Å². The van der Waals surface area contributed by atoms with Crippen molar-refractivity contribution in [1.82, 2.24) is 0 Å². The first-order valence-electron chi connectivity index (χ1n) is 7.23. The van der Waals surface area contributed by atoms with Crippen molar-refractivity contribution in [3.8, 4) is 5.75 Å². The van der Waals surface area contributed by atoms with Crippen molar-refractivity contribution in [2.45, 2.75) is 13.0 Å². The van der Waals surface area contributed by atoms with Crippen molar-refractivity contribution in [2.75, 3.05) is 5.32 Å². The molecule has 0 saturated heterocycles. The lowest BCUT2D eigenvalue weighted by Gasteiger charge is -2.24. The maximum Gasteiger partial charge on any atom is 0.387 e. The summed E-state index contributed by atoms with van der Waals surface area (Å²) in [6.45, 7) is -3.01. The number of anilines is 1. The number of benzene rings is 1. The lowest BCUT2D eigenvalue weighted by Crippen LogP contribution is -2.36. The summed E-state index contributed by atoms with van der Waals surface area (Å²) in [6, 6.07) is 5.84. The number of nitrogens with one attached hydrogen (secondary N) is 1. The molecule has 5 nitrogen and oxygen atoms in total. The molecule has 3 rings (SSSR count). The number of hydrogen-bond acceptors (Lipinski definition) is 3. The summed E-state index contributed by atoms with van der Waals surface area (Å²) in [4.78, 5) is 23.9. The number of fused-ring (bicyclic) bond motifs is 2. The van der Waals surface area contributed by atoms with Gasteiger partial charge >= 0.3 is 12.6 Å². The fourth-order valence-electron chi connectivity index (χ4n) is 3.50. The van der Waals surface area contributed by atoms with Crippen LogP contribution in [0.1, 0.15) is 6.42 Å². The van der Waals surface area contributed by atoms with E-state index in [4.69, 9.17) is 0 Å². The SMILES string of the molecule is O=C(O)C1C2C=CC(C2)C1C(=O)Nc1ccccc1OC(F)F. The molecule has 2 N–H and O–H groups in total. The predicted molar refractivity (Wildman–Crippen MR) is 77.1 cm³/mol. The molecule has 2 aliphatic rings. The number of para-hydroxylation sites is 2. The molecular weight excluding hydrogens is 308 g/mol. The zero-order valence-electron chi connectivity index (χ0n) is 12.0. The first-order valence-corrected chi connectivity index (χ1v) is 7.23. The maximum absolute atomic E-state index is 12.5. The van der Waals surface area contributed by atoms with Crippen molar-refractivity contribution in [3.63, 3.8) is 0 Å². The molecular formula is C16H15F2NO4. The van der Waals surface area contributed by atoms with Crippen LogP contribution in [0.25, 0.3) is 0 Å². The van der Waals surface area contributed by atoms with Gasteiger partial charge in [-0.15, -0.1) is 0 Å². The number of rotatable bonds is 5. The molecule has 0 aliphatic heterocycles. The number of carbonyl (C=O) groups is 2. The Bertz CT molecular complexity index is 661. The second kappa shape index (κ2) is 5.98. The van der Waals surface area contributed by atoms with E-state index in [2.05, 4.69) is 10.1 Å². The number of amides is 1. The van der Waals surface area contributed by atoms with Gasteiger partial charge in [-0.2, -0.15) is 8.78 Å². The van der Waals surface area contributed by atoms with Crippen molar-refractivity contribution in [1.29, 1.82) is 0 Å². The van der Waals surface area contributed by atoms with Crippen LogP contribution in [0.2, 0.25) is 0 Å². The first kappa shape index (κ1) is 15.5. The van der Waals surface area contributed by atoms with Gasteiger partial charge in [-0.1, -0.05) is 24.3 Å². The third-order valence-electron chi connectivity index (χ3n) is 4.41. The van der Waals surface area contributed by atoms with Gasteiger partial charge in [0.2, 0.25) is 5.91 Å². The monoisotopic (exact) mass is 323 g/mol. The van der Waals surface area contributed by atoms with Gasteiger partial charge < -0.3 is 15.2 Å². The molecule has 2 bridgehead atoms. The van der Waals surface area contributed by atoms with E-state index in [9.17, 15) is 23.5 Å². The topological polar surface area (TPSA) is 75.6 Å². The molecule has 1 aromatic carbocycles. The van der Waals surface area contributed by atoms with Gasteiger partial charge in [0.1, 0.15) is 5.75 Å². The third kappa shape index (κ3) is 2.91. The highest BCUT2D eigenvalue weighted by molar-refractivity contribution is 5.97. The number of carbonyl (C=O) groups excluding carboxylic acids is 1. The summed E-state index contributed by atoms with van der Waals surface area (Å²) in [5.41, 5.74) is 0.105. The minimum absolute atomic E-state index is 0.105. The molecule has 1 saturated carbocycles. The highest BCUT2D eigenvalue weighted by atomic mass is 19.3. The molecule has 1 aromatic rings. The zero-order valence-corrected chi connectivity index (χ0v) is 12.0. The zero-order chi connectivity index (χ0) is 16.6. The van der Waals surface area contributed by atoms with Crippen LogP contribution in [0.3, 0.4) is 0 Å². The van der Waals surface area contributed by atoms with E-state index in [1.54, 1.807) is 6.07 Å². The summed E-state index contributed by atoms with van der Waals surface area (Å²) < 4.78 is 29.2. The van der Waals surface area contributed by atoms with Crippen LogP contribution in [0.4, 0.5) is 14.5 Å². The van der Waals surface area contributed by atoms with Gasteiger partial charge in [-0.05, 0) is 30.4 Å². The fourth-order valence-corrected chi connectivity index (χ4v) is 3.50. The predicted octanol–water partition coefficient (Wildman–Crippen LogP) is 2.75. The Morgan fingerprint density at radius 3 is 2.48 bits per heavy atom. The molecule has 1 fully saturated rings. The standard InChI is InChI=1S/C16H15F2NO4/c17-16(18)23-11-4-2-1-3-10(11)19-14(20)12-8-5-6-9(7-8)13(12)15(21)22/h1-6,8-9,12-13,16H,7H2,(H,19,20)(H,21,22). The molecule has 122 valence electrons. The number of ether oxygens (including phenoxy) is 1. The number of alkyl halides is 2. The van der Waals surface area contributed by atoms with Crippen LogP contribution in [-0.2, 0) is 9.59 Å². The van der Waals surface area contributed by atoms with E-state index < -0.39 is 30.3 Å². The lowest BCUT2D eigenvalue weighted by atomic mass is 9.82. The number of carboxylic acids is 1. The van der Waals surface area contributed by atoms with Crippen molar-refractivity contribution < 1.29 is 28.2 Å². The van der Waals surface area contributed by atoms with Gasteiger partial charge in [0.15, 0.2) is 0 Å². The molecule has 23 heavy (non-hydrogen) atoms. The first-order chi connectivity index (χ1) is 11.0. The van der Waals surface area contributed by atoms with E-state index >= 15 is 0 Å². The molecule has 0 radical (unpaired) electrons. The van der Waals surface area contributed by atoms with Crippen LogP contribution in [0.5, 0.6) is 5.75 Å². The number of halogens is 2. The summed E-state index contributed by atoms with van der Waals surface area (Å²) in [6.07, 6.45) is 4.32. The molecule has 2 aliphatic carbocycles. The van der Waals surface area contributed by atoms with Crippen molar-refractivity contribution in [3.05, 3.63) is 36.4 Å². The van der Waals surface area contributed by atoms with Gasteiger partial charge in [0, 0.05) is 0 Å².